The van der Waals surface area contributed by atoms with Crippen LogP contribution in [0.2, 0.25) is 5.02 Å². The highest BCUT2D eigenvalue weighted by atomic mass is 35.5. The van der Waals surface area contributed by atoms with Crippen LogP contribution in [0.15, 0.2) is 24.3 Å². The van der Waals surface area contributed by atoms with Gasteiger partial charge in [-0.05, 0) is 37.3 Å². The van der Waals surface area contributed by atoms with E-state index in [-0.39, 0.29) is 24.3 Å². The molecule has 0 spiro atoms. The monoisotopic (exact) mass is 369 g/mol. The lowest BCUT2D eigenvalue weighted by Crippen LogP contribution is -2.60. The molecule has 1 aromatic rings. The fourth-order valence-electron chi connectivity index (χ4n) is 3.22. The Labute approximate surface area is 149 Å². The highest BCUT2D eigenvalue weighted by Crippen LogP contribution is 2.38. The van der Waals surface area contributed by atoms with Crippen molar-refractivity contribution < 1.29 is 29.7 Å². The molecule has 0 saturated heterocycles. The summed E-state index contributed by atoms with van der Waals surface area (Å²) in [6.45, 7) is 0. The highest BCUT2D eigenvalue weighted by molar-refractivity contribution is 6.31. The van der Waals surface area contributed by atoms with Crippen molar-refractivity contribution in [2.45, 2.75) is 49.8 Å². The van der Waals surface area contributed by atoms with Gasteiger partial charge in [0.25, 0.3) is 0 Å². The van der Waals surface area contributed by atoms with Crippen LogP contribution in [0.1, 0.15) is 37.7 Å². The first kappa shape index (κ1) is 19.4. The number of rotatable bonds is 7. The minimum atomic E-state index is -1.46. The fraction of sp³-hybridized carbons (Fsp3) is 0.471. The summed E-state index contributed by atoms with van der Waals surface area (Å²) in [5.41, 5.74) is -1.07. The molecule has 3 atom stereocenters. The molecular weight excluding hydrogens is 350 g/mol. The SMILES string of the molecule is O=C(O)CC[C@H](N[C@]1(c2ccccc2Cl)CCC[C@H](O)C1=O)C(=O)O. The standard InChI is InChI=1S/C17H20ClNO6/c18-11-5-2-1-4-10(11)17(9-3-6-13(20)15(17)23)19-12(16(24)25)7-8-14(21)22/h1-2,4-5,12-13,19-20H,3,6-9H2,(H,21,22)(H,24,25)/t12-,13-,17-/m0/s1. The van der Waals surface area contributed by atoms with Crippen LogP contribution in [-0.4, -0.2) is 45.2 Å². The lowest BCUT2D eigenvalue weighted by molar-refractivity contribution is -0.144. The molecule has 0 amide bonds. The average molecular weight is 370 g/mol. The van der Waals surface area contributed by atoms with E-state index in [0.29, 0.717) is 18.4 Å². The summed E-state index contributed by atoms with van der Waals surface area (Å²) in [4.78, 5) is 35.2. The van der Waals surface area contributed by atoms with Crippen LogP contribution in [0, 0.1) is 0 Å². The van der Waals surface area contributed by atoms with Gasteiger partial charge in [0.05, 0.1) is 0 Å². The first-order valence-electron chi connectivity index (χ1n) is 7.97. The van der Waals surface area contributed by atoms with Gasteiger partial charge in [0.15, 0.2) is 5.78 Å². The Balaban J connectivity index is 2.44. The number of benzene rings is 1. The van der Waals surface area contributed by atoms with Gasteiger partial charge in [-0.15, -0.1) is 0 Å². The number of hydrogen-bond donors (Lipinski definition) is 4. The number of aliphatic carboxylic acids is 2. The first-order chi connectivity index (χ1) is 11.8. The molecule has 2 rings (SSSR count). The maximum absolute atomic E-state index is 12.8. The number of aliphatic hydroxyl groups excluding tert-OH is 1. The van der Waals surface area contributed by atoms with E-state index in [4.69, 9.17) is 16.7 Å². The zero-order valence-corrected chi connectivity index (χ0v) is 14.2. The van der Waals surface area contributed by atoms with Gasteiger partial charge in [0.1, 0.15) is 17.7 Å². The summed E-state index contributed by atoms with van der Waals surface area (Å²) in [7, 11) is 0. The quantitative estimate of drug-likeness (QED) is 0.574. The van der Waals surface area contributed by atoms with Crippen LogP contribution in [0.5, 0.6) is 0 Å². The molecule has 1 saturated carbocycles. The second kappa shape index (κ2) is 7.95. The smallest absolute Gasteiger partial charge is 0.320 e. The lowest BCUT2D eigenvalue weighted by Gasteiger charge is -2.41. The molecule has 0 aromatic heterocycles. The average Bonchev–Trinajstić information content (AvgIpc) is 2.55. The van der Waals surface area contributed by atoms with Crippen LogP contribution in [-0.2, 0) is 19.9 Å². The number of carboxylic acid groups (broad SMARTS) is 2. The zero-order chi connectivity index (χ0) is 18.6. The molecule has 1 aromatic carbocycles. The molecule has 1 aliphatic carbocycles. The number of carbonyl (C=O) groups excluding carboxylic acids is 1. The van der Waals surface area contributed by atoms with Crippen LogP contribution in [0.4, 0.5) is 0 Å². The second-order valence-electron chi connectivity index (χ2n) is 6.13. The number of ketones is 1. The molecule has 0 heterocycles. The topological polar surface area (TPSA) is 124 Å². The third-order valence-electron chi connectivity index (χ3n) is 4.45. The summed E-state index contributed by atoms with van der Waals surface area (Å²) >= 11 is 6.24. The van der Waals surface area contributed by atoms with E-state index in [1.807, 2.05) is 0 Å². The second-order valence-corrected chi connectivity index (χ2v) is 6.53. The normalized spacial score (nSPS) is 24.7. The van der Waals surface area contributed by atoms with E-state index >= 15 is 0 Å². The van der Waals surface area contributed by atoms with Crippen LogP contribution < -0.4 is 5.32 Å². The van der Waals surface area contributed by atoms with E-state index < -0.39 is 35.4 Å². The minimum absolute atomic E-state index is 0.194. The Hall–Kier alpha value is -1.96. The molecule has 4 N–H and O–H groups in total. The van der Waals surface area contributed by atoms with Crippen LogP contribution >= 0.6 is 11.6 Å². The molecule has 1 fully saturated rings. The van der Waals surface area contributed by atoms with Gasteiger partial charge >= 0.3 is 11.9 Å². The predicted octanol–water partition coefficient (Wildman–Crippen LogP) is 1.56. The van der Waals surface area contributed by atoms with E-state index in [9.17, 15) is 24.6 Å². The number of carbonyl (C=O) groups is 3. The van der Waals surface area contributed by atoms with Gasteiger partial charge in [0, 0.05) is 11.4 Å². The van der Waals surface area contributed by atoms with Gasteiger partial charge in [0.2, 0.25) is 0 Å². The van der Waals surface area contributed by atoms with Crippen molar-refractivity contribution in [1.82, 2.24) is 5.32 Å². The van der Waals surface area contributed by atoms with Crippen molar-refractivity contribution in [2.75, 3.05) is 0 Å². The summed E-state index contributed by atoms with van der Waals surface area (Å²) in [6.07, 6.45) is -0.731. The molecule has 8 heteroatoms. The molecule has 0 unspecified atom stereocenters. The molecule has 0 bridgehead atoms. The van der Waals surface area contributed by atoms with Gasteiger partial charge < -0.3 is 15.3 Å². The van der Waals surface area contributed by atoms with Crippen molar-refractivity contribution in [3.8, 4) is 0 Å². The molecule has 7 nitrogen and oxygen atoms in total. The number of nitrogens with one attached hydrogen (secondary N) is 1. The number of hydrogen-bond acceptors (Lipinski definition) is 5. The Bertz CT molecular complexity index is 679. The van der Waals surface area contributed by atoms with Crippen LogP contribution in [0.25, 0.3) is 0 Å². The Morgan fingerprint density at radius 1 is 1.32 bits per heavy atom. The van der Waals surface area contributed by atoms with Gasteiger partial charge in [-0.2, -0.15) is 0 Å². The molecular formula is C17H20ClNO6. The third kappa shape index (κ3) is 4.18. The number of halogens is 1. The highest BCUT2D eigenvalue weighted by Gasteiger charge is 2.48. The van der Waals surface area contributed by atoms with Crippen molar-refractivity contribution in [3.05, 3.63) is 34.9 Å². The zero-order valence-electron chi connectivity index (χ0n) is 13.4. The molecule has 25 heavy (non-hydrogen) atoms. The minimum Gasteiger partial charge on any atom is -0.481 e. The van der Waals surface area contributed by atoms with Crippen molar-refractivity contribution in [3.63, 3.8) is 0 Å². The van der Waals surface area contributed by atoms with Crippen molar-refractivity contribution >= 4 is 29.3 Å². The molecule has 0 aliphatic heterocycles. The van der Waals surface area contributed by atoms with Crippen LogP contribution in [0.3, 0.4) is 0 Å². The van der Waals surface area contributed by atoms with E-state index in [2.05, 4.69) is 5.32 Å². The first-order valence-corrected chi connectivity index (χ1v) is 8.35. The van der Waals surface area contributed by atoms with Gasteiger partial charge in [-0.25, -0.2) is 0 Å². The summed E-state index contributed by atoms with van der Waals surface area (Å²) in [5, 5.41) is 31.4. The predicted molar refractivity (Wildman–Crippen MR) is 89.4 cm³/mol. The summed E-state index contributed by atoms with van der Waals surface area (Å²) < 4.78 is 0. The largest absolute Gasteiger partial charge is 0.481 e. The van der Waals surface area contributed by atoms with Crippen molar-refractivity contribution in [1.29, 1.82) is 0 Å². The Morgan fingerprint density at radius 2 is 2.00 bits per heavy atom. The Morgan fingerprint density at radius 3 is 2.60 bits per heavy atom. The van der Waals surface area contributed by atoms with E-state index in [0.717, 1.165) is 0 Å². The summed E-state index contributed by atoms with van der Waals surface area (Å²) in [5.74, 6) is -2.94. The molecule has 1 aliphatic rings. The molecule has 0 radical (unpaired) electrons. The maximum atomic E-state index is 12.8. The number of Topliss-reactive ketones (excluding diaryl/α,β-unsaturated/α-hetero) is 1. The van der Waals surface area contributed by atoms with Gasteiger partial charge in [-0.1, -0.05) is 29.8 Å². The van der Waals surface area contributed by atoms with E-state index in [1.54, 1.807) is 24.3 Å². The van der Waals surface area contributed by atoms with E-state index in [1.165, 1.54) is 0 Å². The van der Waals surface area contributed by atoms with Gasteiger partial charge in [-0.3, -0.25) is 19.7 Å². The number of aliphatic hydroxyl groups is 1. The maximum Gasteiger partial charge on any atom is 0.320 e. The Kier molecular flexibility index (Phi) is 6.16. The third-order valence-corrected chi connectivity index (χ3v) is 4.78. The molecule has 136 valence electrons. The fourth-order valence-corrected chi connectivity index (χ4v) is 3.51. The lowest BCUT2D eigenvalue weighted by atomic mass is 9.73. The van der Waals surface area contributed by atoms with Crippen molar-refractivity contribution in [2.24, 2.45) is 0 Å². The summed E-state index contributed by atoms with van der Waals surface area (Å²) in [6, 6.07) is 5.29. The number of carboxylic acids is 2.